The fraction of sp³-hybridized carbons (Fsp3) is 0.643. The van der Waals surface area contributed by atoms with E-state index in [0.29, 0.717) is 0 Å². The van der Waals surface area contributed by atoms with E-state index in [9.17, 15) is 5.11 Å². The van der Waals surface area contributed by atoms with Crippen LogP contribution in [0, 0.1) is 5.92 Å². The highest BCUT2D eigenvalue weighted by molar-refractivity contribution is 5.17. The zero-order chi connectivity index (χ0) is 13.0. The molecule has 1 aromatic rings. The summed E-state index contributed by atoms with van der Waals surface area (Å²) in [6.07, 6.45) is 4.10. The van der Waals surface area contributed by atoms with E-state index in [1.165, 1.54) is 32.1 Å². The molecule has 1 saturated heterocycles. The number of piperidine rings is 1. The lowest BCUT2D eigenvalue weighted by Crippen LogP contribution is -2.35. The zero-order valence-electron chi connectivity index (χ0n) is 11.3. The molecule has 2 rings (SSSR count). The highest BCUT2D eigenvalue weighted by Gasteiger charge is 2.18. The maximum atomic E-state index is 9.20. The van der Waals surface area contributed by atoms with Crippen molar-refractivity contribution >= 4 is 0 Å². The average molecular weight is 249 g/mol. The third kappa shape index (κ3) is 3.96. The third-order valence-corrected chi connectivity index (χ3v) is 3.65. The van der Waals surface area contributed by atoms with Gasteiger partial charge in [0.25, 0.3) is 0 Å². The maximum Gasteiger partial charge on any atom is 0.133 e. The van der Waals surface area contributed by atoms with E-state index in [1.807, 2.05) is 6.07 Å². The summed E-state index contributed by atoms with van der Waals surface area (Å²) in [6.45, 7) is 4.43. The van der Waals surface area contributed by atoms with Crippen LogP contribution in [0.15, 0.2) is 18.3 Å². The Kier molecular flexibility index (Phi) is 4.55. The molecule has 100 valence electrons. The minimum absolute atomic E-state index is 0.233. The molecule has 4 nitrogen and oxygen atoms in total. The highest BCUT2D eigenvalue weighted by Crippen LogP contribution is 2.17. The number of pyridine rings is 1. The van der Waals surface area contributed by atoms with Gasteiger partial charge in [-0.2, -0.15) is 0 Å². The summed E-state index contributed by atoms with van der Waals surface area (Å²) in [5.41, 5.74) is 1.02. The Morgan fingerprint density at radius 3 is 2.72 bits per heavy atom. The Morgan fingerprint density at radius 2 is 2.11 bits per heavy atom. The van der Waals surface area contributed by atoms with Gasteiger partial charge < -0.3 is 14.9 Å². The molecular formula is C14H23N3O. The quantitative estimate of drug-likeness (QED) is 0.879. The van der Waals surface area contributed by atoms with Crippen LogP contribution in [0.3, 0.4) is 0 Å². The van der Waals surface area contributed by atoms with E-state index >= 15 is 0 Å². The molecule has 0 aromatic carbocycles. The first-order valence-corrected chi connectivity index (χ1v) is 6.64. The average Bonchev–Trinajstić information content (AvgIpc) is 2.35. The van der Waals surface area contributed by atoms with Gasteiger partial charge in [-0.05, 0) is 58.1 Å². The van der Waals surface area contributed by atoms with Crippen LogP contribution in [0.1, 0.15) is 18.5 Å². The summed E-state index contributed by atoms with van der Waals surface area (Å²) in [5.74, 6) is 1.04. The second kappa shape index (κ2) is 6.16. The van der Waals surface area contributed by atoms with E-state index in [2.05, 4.69) is 28.9 Å². The van der Waals surface area contributed by atoms with Gasteiger partial charge in [-0.25, -0.2) is 0 Å². The van der Waals surface area contributed by atoms with Gasteiger partial charge in [0, 0.05) is 13.1 Å². The highest BCUT2D eigenvalue weighted by atomic mass is 16.3. The van der Waals surface area contributed by atoms with Crippen molar-refractivity contribution in [2.75, 3.05) is 33.7 Å². The topological polar surface area (TPSA) is 39.6 Å². The van der Waals surface area contributed by atoms with Crippen LogP contribution in [0.25, 0.3) is 0 Å². The molecule has 4 heteroatoms. The molecule has 1 fully saturated rings. The van der Waals surface area contributed by atoms with Crippen LogP contribution in [-0.4, -0.2) is 53.6 Å². The third-order valence-electron chi connectivity index (χ3n) is 3.65. The van der Waals surface area contributed by atoms with Crippen molar-refractivity contribution in [1.82, 2.24) is 14.8 Å². The standard InChI is InChI=1S/C14H23N3O/c1-16-7-5-12(6-8-16)10-17(2)11-13-3-4-14(18)9-15-13/h3-4,9,12,18H,5-8,10-11H2,1-2H3. The molecule has 0 aliphatic carbocycles. The first kappa shape index (κ1) is 13.3. The molecule has 0 unspecified atom stereocenters. The number of aromatic nitrogens is 1. The first-order chi connectivity index (χ1) is 8.63. The summed E-state index contributed by atoms with van der Waals surface area (Å²) in [6, 6.07) is 3.59. The first-order valence-electron chi connectivity index (χ1n) is 6.64. The Labute approximate surface area is 109 Å². The van der Waals surface area contributed by atoms with Gasteiger partial charge in [0.1, 0.15) is 5.75 Å². The molecule has 18 heavy (non-hydrogen) atoms. The monoisotopic (exact) mass is 249 g/mol. The van der Waals surface area contributed by atoms with E-state index in [1.54, 1.807) is 6.07 Å². The van der Waals surface area contributed by atoms with Crippen LogP contribution in [0.4, 0.5) is 0 Å². The fourth-order valence-corrected chi connectivity index (χ4v) is 2.54. The smallest absolute Gasteiger partial charge is 0.133 e. The van der Waals surface area contributed by atoms with Crippen molar-refractivity contribution in [3.05, 3.63) is 24.0 Å². The minimum atomic E-state index is 0.233. The maximum absolute atomic E-state index is 9.20. The van der Waals surface area contributed by atoms with Crippen molar-refractivity contribution in [3.8, 4) is 5.75 Å². The van der Waals surface area contributed by atoms with Gasteiger partial charge in [-0.3, -0.25) is 4.98 Å². The lowest BCUT2D eigenvalue weighted by molar-refractivity contribution is 0.172. The summed E-state index contributed by atoms with van der Waals surface area (Å²) < 4.78 is 0. The molecule has 0 bridgehead atoms. The van der Waals surface area contributed by atoms with Crippen LogP contribution in [-0.2, 0) is 6.54 Å². The second-order valence-corrected chi connectivity index (χ2v) is 5.45. The molecule has 0 saturated carbocycles. The van der Waals surface area contributed by atoms with Gasteiger partial charge in [-0.1, -0.05) is 0 Å². The summed E-state index contributed by atoms with van der Waals surface area (Å²) in [4.78, 5) is 8.95. The minimum Gasteiger partial charge on any atom is -0.506 e. The number of likely N-dealkylation sites (tertiary alicyclic amines) is 1. The Hall–Kier alpha value is -1.13. The van der Waals surface area contributed by atoms with E-state index in [-0.39, 0.29) is 5.75 Å². The van der Waals surface area contributed by atoms with Crippen molar-refractivity contribution in [1.29, 1.82) is 0 Å². The van der Waals surface area contributed by atoms with Gasteiger partial charge in [0.15, 0.2) is 0 Å². The van der Waals surface area contributed by atoms with Gasteiger partial charge in [0.05, 0.1) is 11.9 Å². The lowest BCUT2D eigenvalue weighted by atomic mass is 9.96. The second-order valence-electron chi connectivity index (χ2n) is 5.45. The molecule has 0 amide bonds. The van der Waals surface area contributed by atoms with E-state index in [4.69, 9.17) is 0 Å². The number of hydrogen-bond acceptors (Lipinski definition) is 4. The molecule has 2 heterocycles. The Morgan fingerprint density at radius 1 is 1.39 bits per heavy atom. The molecule has 0 spiro atoms. The predicted molar refractivity (Wildman–Crippen MR) is 72.5 cm³/mol. The van der Waals surface area contributed by atoms with Crippen molar-refractivity contribution in [2.24, 2.45) is 5.92 Å². The largest absolute Gasteiger partial charge is 0.506 e. The van der Waals surface area contributed by atoms with Crippen LogP contribution >= 0.6 is 0 Å². The lowest BCUT2D eigenvalue weighted by Gasteiger charge is -2.31. The van der Waals surface area contributed by atoms with Crippen molar-refractivity contribution in [2.45, 2.75) is 19.4 Å². The number of hydrogen-bond donors (Lipinski definition) is 1. The normalized spacial score (nSPS) is 18.4. The molecular weight excluding hydrogens is 226 g/mol. The molecule has 1 N–H and O–H groups in total. The van der Waals surface area contributed by atoms with Crippen LogP contribution in [0.5, 0.6) is 5.75 Å². The number of aromatic hydroxyl groups is 1. The van der Waals surface area contributed by atoms with Crippen LogP contribution in [0.2, 0.25) is 0 Å². The number of rotatable bonds is 4. The van der Waals surface area contributed by atoms with E-state index in [0.717, 1.165) is 24.7 Å². The Balaban J connectivity index is 1.78. The summed E-state index contributed by atoms with van der Waals surface area (Å²) in [7, 11) is 4.34. The molecule has 0 radical (unpaired) electrons. The molecule has 0 atom stereocenters. The summed E-state index contributed by atoms with van der Waals surface area (Å²) in [5, 5.41) is 9.20. The predicted octanol–water partition coefficient (Wildman–Crippen LogP) is 1.56. The molecule has 1 aromatic heterocycles. The van der Waals surface area contributed by atoms with Crippen LogP contribution < -0.4 is 0 Å². The number of nitrogens with zero attached hydrogens (tertiary/aromatic N) is 3. The fourth-order valence-electron chi connectivity index (χ4n) is 2.54. The zero-order valence-corrected chi connectivity index (χ0v) is 11.3. The van der Waals surface area contributed by atoms with Gasteiger partial charge in [-0.15, -0.1) is 0 Å². The van der Waals surface area contributed by atoms with Gasteiger partial charge in [0.2, 0.25) is 0 Å². The van der Waals surface area contributed by atoms with Crippen molar-refractivity contribution in [3.63, 3.8) is 0 Å². The molecule has 1 aliphatic heterocycles. The SMILES string of the molecule is CN1CCC(CN(C)Cc2ccc(O)cn2)CC1. The van der Waals surface area contributed by atoms with E-state index < -0.39 is 0 Å². The van der Waals surface area contributed by atoms with Crippen molar-refractivity contribution < 1.29 is 5.11 Å². The Bertz CT molecular complexity index is 358. The van der Waals surface area contributed by atoms with Gasteiger partial charge >= 0.3 is 0 Å². The molecule has 1 aliphatic rings. The summed E-state index contributed by atoms with van der Waals surface area (Å²) >= 11 is 0.